The molecule has 1 fully saturated rings. The summed E-state index contributed by atoms with van der Waals surface area (Å²) < 4.78 is 59.4. The second-order valence-corrected chi connectivity index (χ2v) is 12.4. The maximum atomic E-state index is 13.4. The van der Waals surface area contributed by atoms with E-state index in [0.29, 0.717) is 31.6 Å². The van der Waals surface area contributed by atoms with Crippen LogP contribution in [0.1, 0.15) is 23.3 Å². The van der Waals surface area contributed by atoms with Gasteiger partial charge in [0.2, 0.25) is 20.0 Å². The molecular weight excluding hydrogens is 456 g/mol. The van der Waals surface area contributed by atoms with E-state index in [1.54, 1.807) is 29.5 Å². The minimum atomic E-state index is -3.78. The van der Waals surface area contributed by atoms with Crippen molar-refractivity contribution in [1.82, 2.24) is 4.31 Å². The summed E-state index contributed by atoms with van der Waals surface area (Å²) >= 11 is 1.59. The molecule has 7 nitrogen and oxygen atoms in total. The quantitative estimate of drug-likeness (QED) is 0.491. The molecule has 3 heterocycles. The van der Waals surface area contributed by atoms with Gasteiger partial charge in [0.15, 0.2) is 0 Å². The highest BCUT2D eigenvalue weighted by molar-refractivity contribution is 7.92. The van der Waals surface area contributed by atoms with Gasteiger partial charge in [0, 0.05) is 30.1 Å². The highest BCUT2D eigenvalue weighted by atomic mass is 32.2. The molecule has 0 amide bonds. The van der Waals surface area contributed by atoms with Crippen molar-refractivity contribution in [2.45, 2.75) is 30.7 Å². The summed E-state index contributed by atoms with van der Waals surface area (Å²) in [6.45, 7) is 0.949. The molecule has 0 saturated carbocycles. The first-order chi connectivity index (χ1) is 14.9. The Morgan fingerprint density at radius 1 is 1.10 bits per heavy atom. The first kappa shape index (κ1) is 22.1. The zero-order chi connectivity index (χ0) is 21.9. The number of benzene rings is 1. The maximum absolute atomic E-state index is 13.4. The third kappa shape index (κ3) is 5.03. The zero-order valence-electron chi connectivity index (χ0n) is 16.9. The lowest BCUT2D eigenvalue weighted by atomic mass is 10.3. The van der Waals surface area contributed by atoms with Gasteiger partial charge in [-0.05, 0) is 61.0 Å². The van der Waals surface area contributed by atoms with Gasteiger partial charge in [-0.3, -0.25) is 4.31 Å². The number of furan rings is 1. The molecule has 166 valence electrons. The van der Waals surface area contributed by atoms with E-state index >= 15 is 0 Å². The van der Waals surface area contributed by atoms with Crippen molar-refractivity contribution >= 4 is 37.1 Å². The first-order valence-corrected chi connectivity index (χ1v) is 13.9. The van der Waals surface area contributed by atoms with E-state index in [9.17, 15) is 16.8 Å². The lowest BCUT2D eigenvalue weighted by Gasteiger charge is -2.28. The van der Waals surface area contributed by atoms with Crippen LogP contribution in [0.3, 0.4) is 0 Å². The Balaban J connectivity index is 1.58. The molecule has 0 spiro atoms. The van der Waals surface area contributed by atoms with Crippen molar-refractivity contribution in [3.8, 4) is 0 Å². The Bertz CT molecular complexity index is 1190. The summed E-state index contributed by atoms with van der Waals surface area (Å²) in [6.07, 6.45) is 5.11. The molecule has 31 heavy (non-hydrogen) atoms. The van der Waals surface area contributed by atoms with Gasteiger partial charge in [-0.25, -0.2) is 16.8 Å². The van der Waals surface area contributed by atoms with Crippen LogP contribution in [0.15, 0.2) is 69.7 Å². The first-order valence-electron chi connectivity index (χ1n) is 10.0. The van der Waals surface area contributed by atoms with Crippen LogP contribution in [0.2, 0.25) is 0 Å². The molecule has 0 unspecified atom stereocenters. The number of rotatable bonds is 8. The molecule has 0 N–H and O–H groups in total. The molecule has 0 radical (unpaired) electrons. The molecular formula is C21H24N2O5S3. The minimum absolute atomic E-state index is 0.119. The summed E-state index contributed by atoms with van der Waals surface area (Å²) in [5.41, 5.74) is 1.27. The number of hydrogen-bond acceptors (Lipinski definition) is 6. The molecule has 3 aromatic rings. The van der Waals surface area contributed by atoms with E-state index in [-0.39, 0.29) is 17.2 Å². The van der Waals surface area contributed by atoms with Gasteiger partial charge < -0.3 is 4.42 Å². The van der Waals surface area contributed by atoms with Crippen LogP contribution in [-0.2, 0) is 33.0 Å². The van der Waals surface area contributed by atoms with Crippen LogP contribution in [0, 0.1) is 0 Å². The van der Waals surface area contributed by atoms with Crippen molar-refractivity contribution in [3.63, 3.8) is 0 Å². The molecule has 1 saturated heterocycles. The number of thiophene rings is 1. The number of hydrogen-bond donors (Lipinski definition) is 0. The molecule has 4 rings (SSSR count). The molecule has 1 aliphatic rings. The molecule has 0 aliphatic carbocycles. The Morgan fingerprint density at radius 3 is 2.55 bits per heavy atom. The molecule has 0 bridgehead atoms. The average molecular weight is 481 g/mol. The van der Waals surface area contributed by atoms with Gasteiger partial charge in [0.05, 0.1) is 28.9 Å². The van der Waals surface area contributed by atoms with Crippen molar-refractivity contribution in [1.29, 1.82) is 0 Å². The Labute approximate surface area is 187 Å². The fraction of sp³-hybridized carbons (Fsp3) is 0.333. The van der Waals surface area contributed by atoms with Crippen LogP contribution in [-0.4, -0.2) is 40.0 Å². The SMILES string of the molecule is O=S1(=O)CCCCN1c1ccc(S(=O)(=O)N(CCc2cccs2)Cc2ccoc2)cc1. The van der Waals surface area contributed by atoms with Gasteiger partial charge in [-0.1, -0.05) is 6.07 Å². The third-order valence-electron chi connectivity index (χ3n) is 5.24. The molecule has 2 aromatic heterocycles. The molecule has 1 aromatic carbocycles. The second-order valence-electron chi connectivity index (χ2n) is 7.39. The van der Waals surface area contributed by atoms with Crippen LogP contribution >= 0.6 is 11.3 Å². The third-order valence-corrected chi connectivity index (χ3v) is 9.90. The average Bonchev–Trinajstić information content (AvgIpc) is 3.45. The number of nitrogens with zero attached hydrogens (tertiary/aromatic N) is 2. The fourth-order valence-electron chi connectivity index (χ4n) is 3.57. The van der Waals surface area contributed by atoms with E-state index in [0.717, 1.165) is 16.9 Å². The van der Waals surface area contributed by atoms with Crippen LogP contribution in [0.5, 0.6) is 0 Å². The largest absolute Gasteiger partial charge is 0.472 e. The van der Waals surface area contributed by atoms with E-state index < -0.39 is 20.0 Å². The van der Waals surface area contributed by atoms with E-state index in [1.165, 1.54) is 33.3 Å². The van der Waals surface area contributed by atoms with E-state index in [1.807, 2.05) is 17.5 Å². The lowest BCUT2D eigenvalue weighted by Crippen LogP contribution is -2.37. The monoisotopic (exact) mass is 480 g/mol. The molecule has 1 aliphatic heterocycles. The molecule has 10 heteroatoms. The lowest BCUT2D eigenvalue weighted by molar-refractivity contribution is 0.408. The Hall–Kier alpha value is -2.14. The smallest absolute Gasteiger partial charge is 0.243 e. The zero-order valence-corrected chi connectivity index (χ0v) is 19.3. The Kier molecular flexibility index (Phi) is 6.52. The van der Waals surface area contributed by atoms with Gasteiger partial charge in [0.25, 0.3) is 0 Å². The summed E-state index contributed by atoms with van der Waals surface area (Å²) in [7, 11) is -7.12. The summed E-state index contributed by atoms with van der Waals surface area (Å²) in [5.74, 6) is 0.119. The van der Waals surface area contributed by atoms with Crippen LogP contribution < -0.4 is 4.31 Å². The Morgan fingerprint density at radius 2 is 1.90 bits per heavy atom. The van der Waals surface area contributed by atoms with Crippen molar-refractivity contribution < 1.29 is 21.3 Å². The number of sulfonamides is 2. The summed E-state index contributed by atoms with van der Waals surface area (Å²) in [6, 6.07) is 11.8. The van der Waals surface area contributed by atoms with Crippen molar-refractivity contribution in [3.05, 3.63) is 70.8 Å². The standard InChI is InChI=1S/C21H24N2O5S3/c24-30(25)15-2-1-11-23(30)19-5-7-21(8-6-19)31(26,27)22(16-18-10-13-28-17-18)12-9-20-4-3-14-29-20/h3-8,10,13-14,17H,1-2,9,11-12,15-16H2. The fourth-order valence-corrected chi connectivity index (χ4v) is 7.34. The minimum Gasteiger partial charge on any atom is -0.472 e. The summed E-state index contributed by atoms with van der Waals surface area (Å²) in [5, 5.41) is 1.97. The normalized spacial score (nSPS) is 16.6. The highest BCUT2D eigenvalue weighted by Gasteiger charge is 2.28. The predicted octanol–water partition coefficient (Wildman–Crippen LogP) is 3.70. The maximum Gasteiger partial charge on any atom is 0.243 e. The molecule has 0 atom stereocenters. The van der Waals surface area contributed by atoms with Gasteiger partial charge in [-0.2, -0.15) is 4.31 Å². The van der Waals surface area contributed by atoms with Gasteiger partial charge in [-0.15, -0.1) is 11.3 Å². The van der Waals surface area contributed by atoms with Gasteiger partial charge >= 0.3 is 0 Å². The van der Waals surface area contributed by atoms with Gasteiger partial charge in [0.1, 0.15) is 0 Å². The van der Waals surface area contributed by atoms with Crippen LogP contribution in [0.25, 0.3) is 0 Å². The highest BCUT2D eigenvalue weighted by Crippen LogP contribution is 2.27. The second kappa shape index (κ2) is 9.15. The van der Waals surface area contributed by atoms with Crippen molar-refractivity contribution in [2.24, 2.45) is 0 Å². The summed E-state index contributed by atoms with van der Waals surface area (Å²) in [4.78, 5) is 1.25. The predicted molar refractivity (Wildman–Crippen MR) is 121 cm³/mol. The van der Waals surface area contributed by atoms with E-state index in [2.05, 4.69) is 0 Å². The van der Waals surface area contributed by atoms with E-state index in [4.69, 9.17) is 4.42 Å². The topological polar surface area (TPSA) is 87.9 Å². The number of anilines is 1. The van der Waals surface area contributed by atoms with Crippen LogP contribution in [0.4, 0.5) is 5.69 Å². The van der Waals surface area contributed by atoms with Crippen molar-refractivity contribution in [2.75, 3.05) is 23.1 Å².